The topological polar surface area (TPSA) is 18.5 Å². The van der Waals surface area contributed by atoms with E-state index in [1.54, 1.807) is 0 Å². The molecule has 0 fully saturated rings. The summed E-state index contributed by atoms with van der Waals surface area (Å²) in [5.74, 6) is 0. The average molecular weight is 768 g/mol. The quantitative estimate of drug-likeness (QED) is 0.132. The number of nitrogens with one attached hydrogen (secondary N) is 1. The predicted octanol–water partition coefficient (Wildman–Crippen LogP) is 14.7. The smallest absolute Gasteiger partial charge is 0.105 e. The molecule has 0 saturated heterocycles. The lowest BCUT2D eigenvalue weighted by atomic mass is 9.80. The first-order valence-corrected chi connectivity index (χ1v) is 20.1. The second-order valence-electron chi connectivity index (χ2n) is 14.4. The highest BCUT2D eigenvalue weighted by Crippen LogP contribution is 2.46. The van der Waals surface area contributed by atoms with E-state index in [1.807, 2.05) is 12.1 Å². The van der Waals surface area contributed by atoms with E-state index in [0.29, 0.717) is 0 Å². The van der Waals surface area contributed by atoms with Gasteiger partial charge in [-0.05, 0) is 101 Å². The zero-order chi connectivity index (χ0) is 39.2. The van der Waals surface area contributed by atoms with Crippen LogP contribution in [0.1, 0.15) is 5.56 Å². The van der Waals surface area contributed by atoms with Gasteiger partial charge in [0.15, 0.2) is 0 Å². The van der Waals surface area contributed by atoms with Gasteiger partial charge >= 0.3 is 0 Å². The number of hydrogen-bond acceptors (Lipinski definition) is 3. The predicted molar refractivity (Wildman–Crippen MR) is 246 cm³/mol. The van der Waals surface area contributed by atoms with E-state index in [0.717, 1.165) is 56.5 Å². The van der Waals surface area contributed by atoms with Crippen molar-refractivity contribution in [1.82, 2.24) is 0 Å². The Bertz CT molecular complexity index is 2590. The SMILES string of the molecule is ClC1C(N(c2ccccc2)c2cccc(N(c3ccccc3)c3ccccc3)c2)=CC=CC1(Nc1ccc(-c2ccccc2)cc1)c1ccc(-c2ccccc2)cc1. The normalized spacial score (nSPS) is 15.9. The Labute approximate surface area is 346 Å². The first-order valence-electron chi connectivity index (χ1n) is 19.6. The number of anilines is 6. The van der Waals surface area contributed by atoms with Gasteiger partial charge in [0.25, 0.3) is 0 Å². The molecule has 0 aliphatic heterocycles. The third-order valence-electron chi connectivity index (χ3n) is 10.7. The molecular formula is C54H42ClN3. The van der Waals surface area contributed by atoms with Crippen molar-refractivity contribution in [1.29, 1.82) is 0 Å². The van der Waals surface area contributed by atoms with E-state index in [2.05, 4.69) is 246 Å². The zero-order valence-corrected chi connectivity index (χ0v) is 32.7. The molecule has 2 atom stereocenters. The molecule has 1 N–H and O–H groups in total. The number of para-hydroxylation sites is 3. The second-order valence-corrected chi connectivity index (χ2v) is 14.8. The Morgan fingerprint density at radius 2 is 0.793 bits per heavy atom. The van der Waals surface area contributed by atoms with Crippen LogP contribution in [0.4, 0.5) is 34.1 Å². The van der Waals surface area contributed by atoms with Gasteiger partial charge < -0.3 is 15.1 Å². The minimum absolute atomic E-state index is 0.544. The summed E-state index contributed by atoms with van der Waals surface area (Å²) >= 11 is 8.03. The Balaban J connectivity index is 1.15. The summed E-state index contributed by atoms with van der Waals surface area (Å²) < 4.78 is 0. The Hall–Kier alpha value is -7.07. The molecule has 1 aliphatic rings. The molecule has 0 saturated carbocycles. The summed E-state index contributed by atoms with van der Waals surface area (Å²) in [6.07, 6.45) is 6.51. The molecular weight excluding hydrogens is 726 g/mol. The largest absolute Gasteiger partial charge is 0.370 e. The number of hydrogen-bond donors (Lipinski definition) is 1. The van der Waals surface area contributed by atoms with Gasteiger partial charge in [-0.15, -0.1) is 11.6 Å². The Kier molecular flexibility index (Phi) is 10.4. The van der Waals surface area contributed by atoms with E-state index < -0.39 is 10.9 Å². The van der Waals surface area contributed by atoms with Crippen molar-refractivity contribution < 1.29 is 0 Å². The highest BCUT2D eigenvalue weighted by molar-refractivity contribution is 6.24. The van der Waals surface area contributed by atoms with Crippen molar-refractivity contribution >= 4 is 45.7 Å². The molecule has 0 radical (unpaired) electrons. The first kappa shape index (κ1) is 36.6. The third kappa shape index (κ3) is 7.44. The molecule has 9 rings (SSSR count). The minimum atomic E-state index is -0.820. The van der Waals surface area contributed by atoms with Gasteiger partial charge in [0.05, 0.1) is 0 Å². The Morgan fingerprint density at radius 3 is 1.29 bits per heavy atom. The molecule has 280 valence electrons. The fourth-order valence-corrected chi connectivity index (χ4v) is 8.31. The van der Waals surface area contributed by atoms with Crippen molar-refractivity contribution in [2.24, 2.45) is 0 Å². The van der Waals surface area contributed by atoms with Crippen LogP contribution >= 0.6 is 11.6 Å². The van der Waals surface area contributed by atoms with Crippen molar-refractivity contribution in [2.75, 3.05) is 15.1 Å². The van der Waals surface area contributed by atoms with Crippen LogP contribution in [-0.2, 0) is 5.54 Å². The van der Waals surface area contributed by atoms with Crippen molar-refractivity contribution in [3.05, 3.63) is 254 Å². The van der Waals surface area contributed by atoms with Gasteiger partial charge in [-0.2, -0.15) is 0 Å². The van der Waals surface area contributed by atoms with Crippen molar-refractivity contribution in [3.8, 4) is 22.3 Å². The molecule has 8 aromatic rings. The molecule has 0 bridgehead atoms. The van der Waals surface area contributed by atoms with Gasteiger partial charge in [-0.25, -0.2) is 0 Å². The summed E-state index contributed by atoms with van der Waals surface area (Å²) in [4.78, 5) is 4.59. The summed E-state index contributed by atoms with van der Waals surface area (Å²) in [6, 6.07) is 78.6. The lowest BCUT2D eigenvalue weighted by molar-refractivity contribution is 0.600. The molecule has 0 aromatic heterocycles. The van der Waals surface area contributed by atoms with Crippen LogP contribution < -0.4 is 15.1 Å². The van der Waals surface area contributed by atoms with Gasteiger partial charge in [-0.1, -0.05) is 170 Å². The van der Waals surface area contributed by atoms with Gasteiger partial charge in [-0.3, -0.25) is 0 Å². The van der Waals surface area contributed by atoms with E-state index in [4.69, 9.17) is 11.6 Å². The lowest BCUT2D eigenvalue weighted by Gasteiger charge is -2.43. The van der Waals surface area contributed by atoms with E-state index >= 15 is 0 Å². The van der Waals surface area contributed by atoms with Crippen LogP contribution in [0.5, 0.6) is 0 Å². The maximum Gasteiger partial charge on any atom is 0.105 e. The fourth-order valence-electron chi connectivity index (χ4n) is 7.89. The van der Waals surface area contributed by atoms with E-state index in [1.165, 1.54) is 11.1 Å². The van der Waals surface area contributed by atoms with Crippen LogP contribution in [0.2, 0.25) is 0 Å². The first-order chi connectivity index (χ1) is 28.7. The fraction of sp³-hybridized carbons (Fsp3) is 0.0370. The van der Waals surface area contributed by atoms with Crippen LogP contribution in [0, 0.1) is 0 Å². The second kappa shape index (κ2) is 16.6. The third-order valence-corrected chi connectivity index (χ3v) is 11.3. The van der Waals surface area contributed by atoms with Gasteiger partial charge in [0, 0.05) is 39.8 Å². The summed E-state index contributed by atoms with van der Waals surface area (Å²) in [5.41, 5.74) is 12.0. The highest BCUT2D eigenvalue weighted by atomic mass is 35.5. The van der Waals surface area contributed by atoms with Crippen LogP contribution in [0.15, 0.2) is 248 Å². The molecule has 0 amide bonds. The Morgan fingerprint density at radius 1 is 0.397 bits per heavy atom. The molecule has 2 unspecified atom stereocenters. The van der Waals surface area contributed by atoms with Crippen LogP contribution in [0.25, 0.3) is 22.3 Å². The summed E-state index contributed by atoms with van der Waals surface area (Å²) in [6.45, 7) is 0. The number of allylic oxidation sites excluding steroid dienone is 2. The number of halogens is 1. The summed E-state index contributed by atoms with van der Waals surface area (Å²) in [7, 11) is 0. The molecule has 0 spiro atoms. The van der Waals surface area contributed by atoms with Crippen LogP contribution in [-0.4, -0.2) is 5.38 Å². The zero-order valence-electron chi connectivity index (χ0n) is 31.9. The number of rotatable bonds is 11. The van der Waals surface area contributed by atoms with Crippen molar-refractivity contribution in [3.63, 3.8) is 0 Å². The average Bonchev–Trinajstić information content (AvgIpc) is 3.30. The van der Waals surface area contributed by atoms with Crippen molar-refractivity contribution in [2.45, 2.75) is 10.9 Å². The van der Waals surface area contributed by atoms with E-state index in [9.17, 15) is 0 Å². The molecule has 8 aromatic carbocycles. The number of nitrogens with zero attached hydrogens (tertiary/aromatic N) is 2. The van der Waals surface area contributed by atoms with Gasteiger partial charge in [0.2, 0.25) is 0 Å². The number of alkyl halides is 1. The molecule has 4 heteroatoms. The molecule has 0 heterocycles. The maximum atomic E-state index is 8.03. The number of benzene rings is 8. The molecule has 3 nitrogen and oxygen atoms in total. The monoisotopic (exact) mass is 767 g/mol. The highest BCUT2D eigenvalue weighted by Gasteiger charge is 2.43. The molecule has 1 aliphatic carbocycles. The van der Waals surface area contributed by atoms with E-state index in [-0.39, 0.29) is 0 Å². The molecule has 58 heavy (non-hydrogen) atoms. The summed E-state index contributed by atoms with van der Waals surface area (Å²) in [5, 5.41) is 3.42. The standard InChI is InChI=1S/C54H42ClN3/c55-53-52(58(49-26-14-5-15-27-49)51-29-16-28-50(40-51)57(47-22-10-3-11-23-47)48-24-12-4-13-25-48)30-17-39-54(53,45-35-31-43(32-36-45)41-18-6-1-7-19-41)56-46-37-33-44(34-38-46)42-20-8-2-9-21-42/h1-40,53,56H. The van der Waals surface area contributed by atoms with Gasteiger partial charge in [0.1, 0.15) is 10.9 Å². The lowest BCUT2D eigenvalue weighted by Crippen LogP contribution is -2.47. The maximum absolute atomic E-state index is 8.03. The minimum Gasteiger partial charge on any atom is -0.370 e. The van der Waals surface area contributed by atoms with Crippen LogP contribution in [0.3, 0.4) is 0 Å².